The van der Waals surface area contributed by atoms with E-state index in [1.165, 1.54) is 55.4 Å². The normalized spacial score (nSPS) is 13.2. The number of alkyl halides is 3. The zero-order valence-electron chi connectivity index (χ0n) is 25.0. The van der Waals surface area contributed by atoms with Crippen molar-refractivity contribution in [2.24, 2.45) is 0 Å². The summed E-state index contributed by atoms with van der Waals surface area (Å²) in [5, 5.41) is 0. The van der Waals surface area contributed by atoms with Gasteiger partial charge in [0.2, 0.25) is 0 Å². The predicted molar refractivity (Wildman–Crippen MR) is 164 cm³/mol. The minimum atomic E-state index is -2.55. The number of halogens is 3. The number of rotatable bonds is 18. The van der Waals surface area contributed by atoms with E-state index in [9.17, 15) is 22.8 Å². The monoisotopic (exact) mass is 596 g/mol. The fraction of sp³-hybridized carbons (Fsp3) is 0.444. The topological polar surface area (TPSA) is 52.6 Å². The van der Waals surface area contributed by atoms with Crippen LogP contribution in [0, 0.1) is 0 Å². The SMILES string of the molecule is CCCCCCCC(c1ccccc1)c1ccc(-c2ccc(C(=O)OC(=O)OC(F)C(F)CCCCCCF)cc2)cc1. The highest BCUT2D eigenvalue weighted by Gasteiger charge is 2.26. The molecule has 3 unspecified atom stereocenters. The quantitative estimate of drug-likeness (QED) is 0.0833. The third-order valence-electron chi connectivity index (χ3n) is 7.60. The van der Waals surface area contributed by atoms with Crippen molar-refractivity contribution < 1.29 is 32.2 Å². The van der Waals surface area contributed by atoms with Crippen LogP contribution in [0.25, 0.3) is 11.1 Å². The Bertz CT molecular complexity index is 1220. The van der Waals surface area contributed by atoms with Crippen molar-refractivity contribution in [3.8, 4) is 11.1 Å². The van der Waals surface area contributed by atoms with Gasteiger partial charge in [-0.2, -0.15) is 4.39 Å². The molecule has 43 heavy (non-hydrogen) atoms. The zero-order chi connectivity index (χ0) is 30.9. The van der Waals surface area contributed by atoms with Crippen LogP contribution in [-0.4, -0.2) is 31.3 Å². The molecule has 0 saturated carbocycles. The van der Waals surface area contributed by atoms with E-state index in [1.807, 2.05) is 6.07 Å². The second-order valence-electron chi connectivity index (χ2n) is 10.9. The number of benzene rings is 3. The summed E-state index contributed by atoms with van der Waals surface area (Å²) < 4.78 is 48.8. The highest BCUT2D eigenvalue weighted by Crippen LogP contribution is 2.32. The van der Waals surface area contributed by atoms with E-state index in [-0.39, 0.29) is 12.0 Å². The molecule has 0 aromatic heterocycles. The molecule has 7 heteroatoms. The van der Waals surface area contributed by atoms with Crippen LogP contribution in [0.3, 0.4) is 0 Å². The first-order chi connectivity index (χ1) is 20.9. The third kappa shape index (κ3) is 11.5. The summed E-state index contributed by atoms with van der Waals surface area (Å²) in [6, 6.07) is 25.4. The largest absolute Gasteiger partial charge is 0.519 e. The van der Waals surface area contributed by atoms with Crippen LogP contribution in [-0.2, 0) is 9.47 Å². The fourth-order valence-electron chi connectivity index (χ4n) is 5.11. The van der Waals surface area contributed by atoms with Crippen molar-refractivity contribution in [2.75, 3.05) is 6.67 Å². The Kier molecular flexibility index (Phi) is 14.8. The van der Waals surface area contributed by atoms with Gasteiger partial charge in [-0.15, -0.1) is 0 Å². The zero-order valence-corrected chi connectivity index (χ0v) is 25.0. The first-order valence-electron chi connectivity index (χ1n) is 15.4. The molecule has 0 heterocycles. The first kappa shape index (κ1) is 33.9. The van der Waals surface area contributed by atoms with E-state index in [0.29, 0.717) is 31.6 Å². The molecule has 4 nitrogen and oxygen atoms in total. The van der Waals surface area contributed by atoms with Gasteiger partial charge in [-0.3, -0.25) is 4.39 Å². The molecule has 0 saturated heterocycles. The molecule has 0 radical (unpaired) electrons. The van der Waals surface area contributed by atoms with E-state index in [2.05, 4.69) is 64.9 Å². The molecule has 3 atom stereocenters. The van der Waals surface area contributed by atoms with Crippen molar-refractivity contribution in [1.29, 1.82) is 0 Å². The highest BCUT2D eigenvalue weighted by molar-refractivity contribution is 5.95. The van der Waals surface area contributed by atoms with Crippen LogP contribution < -0.4 is 0 Å². The van der Waals surface area contributed by atoms with Crippen molar-refractivity contribution >= 4 is 12.1 Å². The Morgan fingerprint density at radius 3 is 1.86 bits per heavy atom. The fourth-order valence-corrected chi connectivity index (χ4v) is 5.11. The molecule has 0 aliphatic heterocycles. The Labute approximate surface area is 253 Å². The molecule has 3 aromatic rings. The van der Waals surface area contributed by atoms with Gasteiger partial charge in [-0.25, -0.2) is 14.0 Å². The maximum Gasteiger partial charge on any atom is 0.519 e. The molecule has 3 aromatic carbocycles. The second-order valence-corrected chi connectivity index (χ2v) is 10.9. The van der Waals surface area contributed by atoms with Gasteiger partial charge in [0, 0.05) is 5.92 Å². The van der Waals surface area contributed by atoms with Crippen molar-refractivity contribution in [3.05, 3.63) is 95.6 Å². The molecular formula is C36H43F3O4. The highest BCUT2D eigenvalue weighted by atomic mass is 19.2. The first-order valence-corrected chi connectivity index (χ1v) is 15.4. The molecule has 0 amide bonds. The molecule has 0 aliphatic rings. The van der Waals surface area contributed by atoms with E-state index >= 15 is 0 Å². The molecule has 3 rings (SSSR count). The Hall–Kier alpha value is -3.61. The number of carbonyl (C=O) groups is 2. The van der Waals surface area contributed by atoms with Crippen LogP contribution >= 0.6 is 0 Å². The standard InChI is InChI=1S/C36H43F3O4/c1-2-3-4-5-11-16-32(29-14-9-8-10-15-29)30-22-18-27(19-23-30)28-20-24-31(25-21-28)35(40)43-36(41)42-34(39)33(38)17-12-6-7-13-26-37/h8-10,14-15,18-25,32-34H,2-7,11-13,16-17,26H2,1H3. The summed E-state index contributed by atoms with van der Waals surface area (Å²) in [7, 11) is 0. The minimum Gasteiger partial charge on any atom is -0.396 e. The average molecular weight is 597 g/mol. The van der Waals surface area contributed by atoms with Gasteiger partial charge in [0.05, 0.1) is 12.2 Å². The van der Waals surface area contributed by atoms with E-state index < -0.39 is 31.3 Å². The van der Waals surface area contributed by atoms with Gasteiger partial charge >= 0.3 is 12.1 Å². The van der Waals surface area contributed by atoms with Gasteiger partial charge in [0.1, 0.15) is 0 Å². The summed E-state index contributed by atoms with van der Waals surface area (Å²) in [6.07, 6.45) is 2.72. The second kappa shape index (κ2) is 18.8. The van der Waals surface area contributed by atoms with Crippen molar-refractivity contribution in [3.63, 3.8) is 0 Å². The van der Waals surface area contributed by atoms with Gasteiger partial charge in [-0.1, -0.05) is 125 Å². The number of carbonyl (C=O) groups excluding carboxylic acids is 2. The molecule has 0 N–H and O–H groups in total. The maximum absolute atomic E-state index is 13.9. The molecule has 0 aliphatic carbocycles. The minimum absolute atomic E-state index is 0.0737. The van der Waals surface area contributed by atoms with Crippen LogP contribution in [0.4, 0.5) is 18.0 Å². The summed E-state index contributed by atoms with van der Waals surface area (Å²) >= 11 is 0. The van der Waals surface area contributed by atoms with Crippen LogP contribution in [0.5, 0.6) is 0 Å². The van der Waals surface area contributed by atoms with E-state index in [4.69, 9.17) is 0 Å². The van der Waals surface area contributed by atoms with Crippen LogP contribution in [0.2, 0.25) is 0 Å². The molecular weight excluding hydrogens is 553 g/mol. The molecule has 0 spiro atoms. The Morgan fingerprint density at radius 2 is 1.23 bits per heavy atom. The Morgan fingerprint density at radius 1 is 0.674 bits per heavy atom. The number of hydrogen-bond acceptors (Lipinski definition) is 4. The Balaban J connectivity index is 1.55. The number of ether oxygens (including phenoxy) is 2. The van der Waals surface area contributed by atoms with E-state index in [0.717, 1.165) is 17.5 Å². The van der Waals surface area contributed by atoms with Gasteiger partial charge in [0.25, 0.3) is 6.36 Å². The van der Waals surface area contributed by atoms with Gasteiger partial charge < -0.3 is 9.47 Å². The summed E-state index contributed by atoms with van der Waals surface area (Å²) in [5.74, 6) is -0.705. The number of hydrogen-bond donors (Lipinski definition) is 0. The van der Waals surface area contributed by atoms with Crippen LogP contribution in [0.1, 0.15) is 105 Å². The van der Waals surface area contributed by atoms with Gasteiger partial charge in [0.15, 0.2) is 6.17 Å². The number of esters is 1. The lowest BCUT2D eigenvalue weighted by Crippen LogP contribution is -2.26. The van der Waals surface area contributed by atoms with E-state index in [1.54, 1.807) is 12.1 Å². The molecule has 0 fully saturated rings. The van der Waals surface area contributed by atoms with Crippen LogP contribution in [0.15, 0.2) is 78.9 Å². The smallest absolute Gasteiger partial charge is 0.396 e. The lowest BCUT2D eigenvalue weighted by Gasteiger charge is -2.19. The summed E-state index contributed by atoms with van der Waals surface area (Å²) in [6.45, 7) is 1.78. The maximum atomic E-state index is 13.9. The van der Waals surface area contributed by atoms with Crippen molar-refractivity contribution in [1.82, 2.24) is 0 Å². The number of unbranched alkanes of at least 4 members (excludes halogenated alkanes) is 7. The average Bonchev–Trinajstić information content (AvgIpc) is 3.03. The predicted octanol–water partition coefficient (Wildman–Crippen LogP) is 10.7. The lowest BCUT2D eigenvalue weighted by atomic mass is 9.86. The molecule has 232 valence electrons. The lowest BCUT2D eigenvalue weighted by molar-refractivity contribution is -0.0655. The van der Waals surface area contributed by atoms with Gasteiger partial charge in [-0.05, 0) is 53.6 Å². The van der Waals surface area contributed by atoms with Crippen molar-refractivity contribution in [2.45, 2.75) is 96.0 Å². The molecule has 0 bridgehead atoms. The third-order valence-corrected chi connectivity index (χ3v) is 7.60. The summed E-state index contributed by atoms with van der Waals surface area (Å²) in [5.41, 5.74) is 4.47. The summed E-state index contributed by atoms with van der Waals surface area (Å²) in [4.78, 5) is 24.2.